The van der Waals surface area contributed by atoms with Gasteiger partial charge in [0.2, 0.25) is 0 Å². The summed E-state index contributed by atoms with van der Waals surface area (Å²) in [6.07, 6.45) is 0.135. The van der Waals surface area contributed by atoms with Crippen LogP contribution in [0.4, 0.5) is 0 Å². The van der Waals surface area contributed by atoms with Crippen molar-refractivity contribution in [2.45, 2.75) is 32.3 Å². The first-order valence-electron chi connectivity index (χ1n) is 6.13. The minimum Gasteiger partial charge on any atom is -0.480 e. The fraction of sp³-hybridized carbons (Fsp3) is 0.583. The van der Waals surface area contributed by atoms with Crippen LogP contribution in [0.2, 0.25) is 0 Å². The van der Waals surface area contributed by atoms with E-state index in [9.17, 15) is 14.5 Å². The lowest BCUT2D eigenvalue weighted by Crippen LogP contribution is -2.36. The zero-order valence-electron chi connectivity index (χ0n) is 11.3. The van der Waals surface area contributed by atoms with Crippen molar-refractivity contribution in [3.05, 3.63) is 22.4 Å². The monoisotopic (exact) mass is 306 g/mol. The molecule has 0 aliphatic rings. The molecule has 0 aromatic carbocycles. The summed E-state index contributed by atoms with van der Waals surface area (Å²) in [5.74, 6) is -1.18. The van der Waals surface area contributed by atoms with E-state index in [1.165, 1.54) is 11.3 Å². The highest BCUT2D eigenvalue weighted by molar-refractivity contribution is 7.56. The van der Waals surface area contributed by atoms with Gasteiger partial charge in [0.15, 0.2) is 5.16 Å². The minimum absolute atomic E-state index is 0.135. The first kappa shape index (κ1) is 16.4. The average molecular weight is 306 g/mol. The number of rotatable bonds is 8. The SMILES string of the molecule is CCOP(=O)(OCC)C(CC)(C(=O)O)c1ccsc1. The van der Waals surface area contributed by atoms with Crippen molar-refractivity contribution in [1.29, 1.82) is 0 Å². The highest BCUT2D eigenvalue weighted by Gasteiger charge is 2.57. The Hall–Kier alpha value is -0.680. The number of carboxylic acids is 1. The Morgan fingerprint density at radius 3 is 2.26 bits per heavy atom. The van der Waals surface area contributed by atoms with Gasteiger partial charge < -0.3 is 14.2 Å². The molecule has 0 saturated carbocycles. The van der Waals surface area contributed by atoms with Crippen molar-refractivity contribution >= 4 is 24.9 Å². The molecule has 0 bridgehead atoms. The molecule has 1 heterocycles. The molecule has 0 saturated heterocycles. The standard InChI is InChI=1S/C12H19O5PS/c1-4-12(11(13)14,10-7-8-19-9-10)18(15,16-5-2)17-6-3/h7-9H,4-6H2,1-3H3,(H,13,14). The molecule has 5 nitrogen and oxygen atoms in total. The number of thiophene rings is 1. The van der Waals surface area contributed by atoms with E-state index in [1.807, 2.05) is 0 Å². The lowest BCUT2D eigenvalue weighted by Gasteiger charge is -2.34. The van der Waals surface area contributed by atoms with Crippen LogP contribution in [0.5, 0.6) is 0 Å². The summed E-state index contributed by atoms with van der Waals surface area (Å²) in [5.41, 5.74) is 0.470. The Morgan fingerprint density at radius 2 is 1.95 bits per heavy atom. The van der Waals surface area contributed by atoms with Gasteiger partial charge in [-0.1, -0.05) is 6.92 Å². The molecule has 0 spiro atoms. The molecule has 0 radical (unpaired) electrons. The molecule has 7 heteroatoms. The number of hydrogen-bond acceptors (Lipinski definition) is 5. The summed E-state index contributed by atoms with van der Waals surface area (Å²) in [5, 5.41) is 11.5. The maximum atomic E-state index is 13.0. The van der Waals surface area contributed by atoms with Crippen molar-refractivity contribution in [3.63, 3.8) is 0 Å². The van der Waals surface area contributed by atoms with Crippen LogP contribution in [0.15, 0.2) is 16.8 Å². The zero-order chi connectivity index (χ0) is 14.5. The van der Waals surface area contributed by atoms with Gasteiger partial charge in [0.1, 0.15) is 0 Å². The second kappa shape index (κ2) is 6.66. The highest BCUT2D eigenvalue weighted by atomic mass is 32.1. The van der Waals surface area contributed by atoms with E-state index < -0.39 is 18.7 Å². The molecule has 1 unspecified atom stereocenters. The first-order chi connectivity index (χ1) is 8.98. The summed E-state index contributed by atoms with van der Waals surface area (Å²) in [7, 11) is -3.80. The van der Waals surface area contributed by atoms with Crippen LogP contribution in [0, 0.1) is 0 Å². The van der Waals surface area contributed by atoms with E-state index in [0.717, 1.165) is 0 Å². The van der Waals surface area contributed by atoms with Crippen LogP contribution in [0.25, 0.3) is 0 Å². The van der Waals surface area contributed by atoms with Crippen LogP contribution >= 0.6 is 18.9 Å². The van der Waals surface area contributed by atoms with Crippen LogP contribution in [0.1, 0.15) is 32.8 Å². The van der Waals surface area contributed by atoms with E-state index in [2.05, 4.69) is 0 Å². The molecule has 108 valence electrons. The predicted molar refractivity (Wildman–Crippen MR) is 74.8 cm³/mol. The molecule has 0 fully saturated rings. The molecule has 1 aromatic heterocycles. The molecule has 1 rings (SSSR count). The molecular formula is C12H19O5PS. The number of carboxylic acid groups (broad SMARTS) is 1. The number of aliphatic carboxylic acids is 1. The molecule has 0 amide bonds. The summed E-state index contributed by atoms with van der Waals surface area (Å²) in [6.45, 7) is 5.28. The van der Waals surface area contributed by atoms with Gasteiger partial charge in [-0.25, -0.2) is 0 Å². The molecular weight excluding hydrogens is 287 g/mol. The molecule has 1 aromatic rings. The first-order valence-corrected chi connectivity index (χ1v) is 8.62. The smallest absolute Gasteiger partial charge is 0.352 e. The van der Waals surface area contributed by atoms with Crippen molar-refractivity contribution in [2.24, 2.45) is 0 Å². The minimum atomic E-state index is -3.80. The number of carbonyl (C=O) groups is 1. The van der Waals surface area contributed by atoms with Gasteiger partial charge in [0.25, 0.3) is 0 Å². The van der Waals surface area contributed by atoms with Crippen molar-refractivity contribution in [3.8, 4) is 0 Å². The van der Waals surface area contributed by atoms with Crippen molar-refractivity contribution < 1.29 is 23.5 Å². The van der Waals surface area contributed by atoms with Gasteiger partial charge in [-0.3, -0.25) is 9.36 Å². The van der Waals surface area contributed by atoms with Gasteiger partial charge in [-0.2, -0.15) is 11.3 Å². The van der Waals surface area contributed by atoms with Crippen molar-refractivity contribution in [1.82, 2.24) is 0 Å². The van der Waals surface area contributed by atoms with Gasteiger partial charge in [-0.15, -0.1) is 0 Å². The highest BCUT2D eigenvalue weighted by Crippen LogP contribution is 2.66. The topological polar surface area (TPSA) is 72.8 Å². The Balaban J connectivity index is 3.45. The molecule has 19 heavy (non-hydrogen) atoms. The van der Waals surface area contributed by atoms with Gasteiger partial charge in [-0.05, 0) is 42.7 Å². The van der Waals surface area contributed by atoms with E-state index in [-0.39, 0.29) is 19.6 Å². The van der Waals surface area contributed by atoms with E-state index in [0.29, 0.717) is 5.56 Å². The lowest BCUT2D eigenvalue weighted by atomic mass is 9.98. The predicted octanol–water partition coefficient (Wildman–Crippen LogP) is 3.70. The van der Waals surface area contributed by atoms with Crippen molar-refractivity contribution in [2.75, 3.05) is 13.2 Å². The van der Waals surface area contributed by atoms with Gasteiger partial charge >= 0.3 is 13.6 Å². The van der Waals surface area contributed by atoms with Crippen LogP contribution < -0.4 is 0 Å². The van der Waals surface area contributed by atoms with Gasteiger partial charge in [0, 0.05) is 0 Å². The second-order valence-corrected chi connectivity index (χ2v) is 6.92. The summed E-state index contributed by atoms with van der Waals surface area (Å²) in [4.78, 5) is 11.8. The molecule has 1 atom stereocenters. The van der Waals surface area contributed by atoms with Crippen LogP contribution in [-0.4, -0.2) is 24.3 Å². The van der Waals surface area contributed by atoms with Gasteiger partial charge in [0.05, 0.1) is 13.2 Å². The largest absolute Gasteiger partial charge is 0.480 e. The summed E-state index contributed by atoms with van der Waals surface area (Å²) in [6, 6.07) is 1.66. The fourth-order valence-electron chi connectivity index (χ4n) is 2.05. The Kier molecular flexibility index (Phi) is 5.74. The van der Waals surface area contributed by atoms with Crippen LogP contribution in [-0.2, 0) is 23.6 Å². The van der Waals surface area contributed by atoms with E-state index in [1.54, 1.807) is 37.6 Å². The van der Waals surface area contributed by atoms with E-state index >= 15 is 0 Å². The molecule has 1 N–H and O–H groups in total. The second-order valence-electron chi connectivity index (χ2n) is 3.86. The fourth-order valence-corrected chi connectivity index (χ4v) is 5.13. The van der Waals surface area contributed by atoms with Crippen LogP contribution in [0.3, 0.4) is 0 Å². The Labute approximate surface area is 117 Å². The molecule has 0 aliphatic heterocycles. The maximum absolute atomic E-state index is 13.0. The lowest BCUT2D eigenvalue weighted by molar-refractivity contribution is -0.141. The summed E-state index contributed by atoms with van der Waals surface area (Å²) >= 11 is 1.36. The molecule has 0 aliphatic carbocycles. The quantitative estimate of drug-likeness (QED) is 0.741. The third-order valence-electron chi connectivity index (χ3n) is 2.93. The summed E-state index contributed by atoms with van der Waals surface area (Å²) < 4.78 is 23.5. The third kappa shape index (κ3) is 2.77. The Bertz CT molecular complexity index is 449. The van der Waals surface area contributed by atoms with E-state index in [4.69, 9.17) is 9.05 Å². The maximum Gasteiger partial charge on any atom is 0.352 e. The normalized spacial score (nSPS) is 15.1. The average Bonchev–Trinajstić information content (AvgIpc) is 2.84. The third-order valence-corrected chi connectivity index (χ3v) is 6.51. The number of hydrogen-bond donors (Lipinski definition) is 1. The zero-order valence-corrected chi connectivity index (χ0v) is 13.0. The Morgan fingerprint density at radius 1 is 1.37 bits per heavy atom.